The number of hydrogen-bond acceptors (Lipinski definition) is 3. The lowest BCUT2D eigenvalue weighted by Gasteiger charge is -1.96. The first-order valence-electron chi connectivity index (χ1n) is 4.16. The molecule has 0 bridgehead atoms. The first-order chi connectivity index (χ1) is 6.76. The second kappa shape index (κ2) is 5.50. The minimum Gasteiger partial charge on any atom is -0.466 e. The molecule has 0 fully saturated rings. The lowest BCUT2D eigenvalue weighted by atomic mass is 10.2. The van der Waals surface area contributed by atoms with Gasteiger partial charge in [-0.1, -0.05) is 12.1 Å². The van der Waals surface area contributed by atoms with Crippen LogP contribution in [0.1, 0.15) is 5.56 Å². The van der Waals surface area contributed by atoms with E-state index in [1.54, 1.807) is 17.8 Å². The van der Waals surface area contributed by atoms with Gasteiger partial charge in [0.2, 0.25) is 0 Å². The van der Waals surface area contributed by atoms with Crippen molar-refractivity contribution >= 4 is 23.8 Å². The molecule has 0 aliphatic carbocycles. The third-order valence-corrected chi connectivity index (χ3v) is 2.47. The standard InChI is InChI=1S/C11H12O2S/c1-13-11(12)8-5-9-3-6-10(14-2)7-4-9/h3-8H,1-2H3. The van der Waals surface area contributed by atoms with Crippen LogP contribution in [0, 0.1) is 0 Å². The minimum absolute atomic E-state index is 0.334. The number of esters is 1. The minimum atomic E-state index is -0.334. The van der Waals surface area contributed by atoms with E-state index in [1.165, 1.54) is 18.1 Å². The van der Waals surface area contributed by atoms with Gasteiger partial charge in [0.15, 0.2) is 0 Å². The lowest BCUT2D eigenvalue weighted by Crippen LogP contribution is -1.93. The molecule has 0 aromatic heterocycles. The number of ether oxygens (including phenoxy) is 1. The van der Waals surface area contributed by atoms with Crippen LogP contribution in [-0.4, -0.2) is 19.3 Å². The Balaban J connectivity index is 2.68. The molecule has 0 amide bonds. The molecule has 0 aliphatic heterocycles. The third-order valence-electron chi connectivity index (χ3n) is 1.73. The monoisotopic (exact) mass is 208 g/mol. The molecule has 74 valence electrons. The predicted molar refractivity (Wildman–Crippen MR) is 59.3 cm³/mol. The molecule has 2 nitrogen and oxygen atoms in total. The third kappa shape index (κ3) is 3.26. The van der Waals surface area contributed by atoms with Crippen molar-refractivity contribution in [1.29, 1.82) is 0 Å². The number of thioether (sulfide) groups is 1. The van der Waals surface area contributed by atoms with Crippen molar-refractivity contribution in [2.45, 2.75) is 4.90 Å². The van der Waals surface area contributed by atoms with Crippen molar-refractivity contribution in [3.05, 3.63) is 35.9 Å². The van der Waals surface area contributed by atoms with Crippen LogP contribution in [0.25, 0.3) is 6.08 Å². The van der Waals surface area contributed by atoms with Crippen molar-refractivity contribution in [2.24, 2.45) is 0 Å². The van der Waals surface area contributed by atoms with Gasteiger partial charge in [-0.3, -0.25) is 0 Å². The van der Waals surface area contributed by atoms with Crippen molar-refractivity contribution in [3.8, 4) is 0 Å². The fourth-order valence-electron chi connectivity index (χ4n) is 0.947. The Kier molecular flexibility index (Phi) is 4.26. The van der Waals surface area contributed by atoms with Crippen LogP contribution in [0.5, 0.6) is 0 Å². The fourth-order valence-corrected chi connectivity index (χ4v) is 1.36. The topological polar surface area (TPSA) is 26.3 Å². The summed E-state index contributed by atoms with van der Waals surface area (Å²) in [5.41, 5.74) is 0.994. The highest BCUT2D eigenvalue weighted by Gasteiger charge is 1.92. The predicted octanol–water partition coefficient (Wildman–Crippen LogP) is 2.59. The second-order valence-electron chi connectivity index (χ2n) is 2.63. The Hall–Kier alpha value is -1.22. The smallest absolute Gasteiger partial charge is 0.330 e. The Morgan fingerprint density at radius 2 is 2.00 bits per heavy atom. The van der Waals surface area contributed by atoms with Crippen LogP contribution >= 0.6 is 11.8 Å². The van der Waals surface area contributed by atoms with Crippen LogP contribution in [0.15, 0.2) is 35.2 Å². The van der Waals surface area contributed by atoms with Crippen LogP contribution < -0.4 is 0 Å². The summed E-state index contributed by atoms with van der Waals surface area (Å²) in [4.78, 5) is 12.0. The van der Waals surface area contributed by atoms with E-state index in [2.05, 4.69) is 4.74 Å². The van der Waals surface area contributed by atoms with E-state index in [9.17, 15) is 4.79 Å². The molecule has 1 rings (SSSR count). The fraction of sp³-hybridized carbons (Fsp3) is 0.182. The van der Waals surface area contributed by atoms with E-state index in [-0.39, 0.29) is 5.97 Å². The molecule has 0 N–H and O–H groups in total. The zero-order valence-corrected chi connectivity index (χ0v) is 9.01. The number of carbonyl (C=O) groups excluding carboxylic acids is 1. The second-order valence-corrected chi connectivity index (χ2v) is 3.51. The first kappa shape index (κ1) is 10.9. The van der Waals surface area contributed by atoms with Crippen LogP contribution in [0.4, 0.5) is 0 Å². The molecular weight excluding hydrogens is 196 g/mol. The van der Waals surface area contributed by atoms with E-state index in [0.29, 0.717) is 0 Å². The average molecular weight is 208 g/mol. The van der Waals surface area contributed by atoms with Crippen LogP contribution in [-0.2, 0) is 9.53 Å². The quantitative estimate of drug-likeness (QED) is 0.434. The van der Waals surface area contributed by atoms with Gasteiger partial charge in [0.25, 0.3) is 0 Å². The van der Waals surface area contributed by atoms with Gasteiger partial charge in [0, 0.05) is 11.0 Å². The molecule has 0 heterocycles. The summed E-state index contributed by atoms with van der Waals surface area (Å²) in [6.45, 7) is 0. The van der Waals surface area contributed by atoms with Gasteiger partial charge >= 0.3 is 5.97 Å². The molecule has 0 saturated heterocycles. The molecule has 0 saturated carbocycles. The van der Waals surface area contributed by atoms with E-state index in [1.807, 2.05) is 30.5 Å². The summed E-state index contributed by atoms with van der Waals surface area (Å²) in [6.07, 6.45) is 5.17. The van der Waals surface area contributed by atoms with E-state index >= 15 is 0 Å². The highest BCUT2D eigenvalue weighted by atomic mass is 32.2. The van der Waals surface area contributed by atoms with E-state index in [0.717, 1.165) is 5.56 Å². The summed E-state index contributed by atoms with van der Waals surface area (Å²) < 4.78 is 4.49. The number of rotatable bonds is 3. The SMILES string of the molecule is COC(=O)C=Cc1ccc(SC)cc1. The lowest BCUT2D eigenvalue weighted by molar-refractivity contribution is -0.134. The van der Waals surface area contributed by atoms with Gasteiger partial charge in [-0.2, -0.15) is 0 Å². The van der Waals surface area contributed by atoms with Gasteiger partial charge in [-0.25, -0.2) is 4.79 Å². The zero-order valence-electron chi connectivity index (χ0n) is 8.19. The Morgan fingerprint density at radius 1 is 1.36 bits per heavy atom. The van der Waals surface area contributed by atoms with Gasteiger partial charge in [-0.15, -0.1) is 11.8 Å². The number of hydrogen-bond donors (Lipinski definition) is 0. The van der Waals surface area contributed by atoms with Crippen molar-refractivity contribution in [1.82, 2.24) is 0 Å². The first-order valence-corrected chi connectivity index (χ1v) is 5.39. The molecule has 0 aliphatic rings. The molecule has 0 radical (unpaired) electrons. The molecular formula is C11H12O2S. The number of carbonyl (C=O) groups is 1. The summed E-state index contributed by atoms with van der Waals surface area (Å²) in [5.74, 6) is -0.334. The molecule has 0 atom stereocenters. The average Bonchev–Trinajstić information content (AvgIpc) is 2.26. The highest BCUT2D eigenvalue weighted by Crippen LogP contribution is 2.15. The maximum Gasteiger partial charge on any atom is 0.330 e. The Labute approximate surface area is 88.0 Å². The van der Waals surface area contributed by atoms with E-state index in [4.69, 9.17) is 0 Å². The normalized spacial score (nSPS) is 10.4. The summed E-state index contributed by atoms with van der Waals surface area (Å²) in [7, 11) is 1.36. The van der Waals surface area contributed by atoms with Crippen molar-refractivity contribution < 1.29 is 9.53 Å². The maximum absolute atomic E-state index is 10.8. The van der Waals surface area contributed by atoms with Gasteiger partial charge in [0.1, 0.15) is 0 Å². The summed E-state index contributed by atoms with van der Waals surface area (Å²) >= 11 is 1.69. The van der Waals surface area contributed by atoms with Crippen molar-refractivity contribution in [2.75, 3.05) is 13.4 Å². The molecule has 3 heteroatoms. The van der Waals surface area contributed by atoms with Crippen LogP contribution in [0.2, 0.25) is 0 Å². The molecule has 14 heavy (non-hydrogen) atoms. The van der Waals surface area contributed by atoms with Crippen molar-refractivity contribution in [3.63, 3.8) is 0 Å². The Morgan fingerprint density at radius 3 is 2.50 bits per heavy atom. The van der Waals surface area contributed by atoms with Crippen LogP contribution in [0.3, 0.4) is 0 Å². The highest BCUT2D eigenvalue weighted by molar-refractivity contribution is 7.98. The molecule has 0 spiro atoms. The summed E-state index contributed by atoms with van der Waals surface area (Å²) in [5, 5.41) is 0. The van der Waals surface area contributed by atoms with Gasteiger partial charge in [-0.05, 0) is 30.0 Å². The molecule has 1 aromatic rings. The van der Waals surface area contributed by atoms with Gasteiger partial charge in [0.05, 0.1) is 7.11 Å². The maximum atomic E-state index is 10.8. The molecule has 0 unspecified atom stereocenters. The molecule has 1 aromatic carbocycles. The number of benzene rings is 1. The number of methoxy groups -OCH3 is 1. The summed E-state index contributed by atoms with van der Waals surface area (Å²) in [6, 6.07) is 7.96. The largest absolute Gasteiger partial charge is 0.466 e. The van der Waals surface area contributed by atoms with E-state index < -0.39 is 0 Å². The Bertz CT molecular complexity index is 328. The zero-order chi connectivity index (χ0) is 10.4. The van der Waals surface area contributed by atoms with Gasteiger partial charge < -0.3 is 4.74 Å².